The minimum Gasteiger partial charge on any atom is -0.508 e. The molecule has 1 heterocycles. The van der Waals surface area contributed by atoms with Gasteiger partial charge in [0.1, 0.15) is 30.0 Å². The highest BCUT2D eigenvalue weighted by Crippen LogP contribution is 2.28. The molecule has 0 saturated heterocycles. The molecule has 27 heavy (non-hydrogen) atoms. The Kier molecular flexibility index (Phi) is 6.16. The lowest BCUT2D eigenvalue weighted by molar-refractivity contribution is -0.118. The van der Waals surface area contributed by atoms with Crippen LogP contribution in [-0.2, 0) is 11.2 Å². The zero-order valence-corrected chi connectivity index (χ0v) is 15.1. The van der Waals surface area contributed by atoms with E-state index in [1.54, 1.807) is 12.1 Å². The van der Waals surface area contributed by atoms with Crippen LogP contribution in [0.5, 0.6) is 17.2 Å². The van der Waals surface area contributed by atoms with E-state index in [1.165, 1.54) is 12.1 Å². The number of aliphatic hydroxyl groups is 1. The summed E-state index contributed by atoms with van der Waals surface area (Å²) < 4.78 is 10.8. The van der Waals surface area contributed by atoms with Crippen LogP contribution in [0.3, 0.4) is 0 Å². The van der Waals surface area contributed by atoms with Crippen molar-refractivity contribution in [2.75, 3.05) is 25.1 Å². The molecule has 1 aliphatic rings. The van der Waals surface area contributed by atoms with E-state index in [2.05, 4.69) is 10.6 Å². The average molecular weight is 372 g/mol. The van der Waals surface area contributed by atoms with Gasteiger partial charge in [-0.15, -0.1) is 0 Å². The molecule has 1 amide bonds. The standard InChI is InChI=1S/C20H24N2O5/c1-13(8-14-2-7-19-18(9-14)22-20(25)12-27-19)21-10-16(24)11-26-17-5-3-15(23)4-6-17/h2-7,9,13,16,21,23-24H,8,10-12H2,1H3,(H,22,25). The van der Waals surface area contributed by atoms with Crippen LogP contribution in [0.1, 0.15) is 12.5 Å². The van der Waals surface area contributed by atoms with Crippen LogP contribution < -0.4 is 20.1 Å². The van der Waals surface area contributed by atoms with E-state index in [4.69, 9.17) is 9.47 Å². The second kappa shape index (κ2) is 8.75. The first-order chi connectivity index (χ1) is 13.0. The fourth-order valence-corrected chi connectivity index (χ4v) is 2.81. The summed E-state index contributed by atoms with van der Waals surface area (Å²) in [6, 6.07) is 12.2. The van der Waals surface area contributed by atoms with E-state index in [1.807, 2.05) is 25.1 Å². The molecule has 0 bridgehead atoms. The molecule has 3 rings (SSSR count). The molecule has 7 nitrogen and oxygen atoms in total. The lowest BCUT2D eigenvalue weighted by atomic mass is 10.1. The van der Waals surface area contributed by atoms with Gasteiger partial charge in [0.15, 0.2) is 6.61 Å². The van der Waals surface area contributed by atoms with E-state index in [-0.39, 0.29) is 30.9 Å². The SMILES string of the molecule is CC(Cc1ccc2c(c1)NC(=O)CO2)NCC(O)COc1ccc(O)cc1. The fourth-order valence-electron chi connectivity index (χ4n) is 2.81. The van der Waals surface area contributed by atoms with Crippen molar-refractivity contribution in [2.24, 2.45) is 0 Å². The van der Waals surface area contributed by atoms with Crippen molar-refractivity contribution in [3.05, 3.63) is 48.0 Å². The van der Waals surface area contributed by atoms with Crippen molar-refractivity contribution in [1.29, 1.82) is 0 Å². The number of anilines is 1. The molecule has 1 aliphatic heterocycles. The Bertz CT molecular complexity index is 778. The Morgan fingerprint density at radius 2 is 2.04 bits per heavy atom. The summed E-state index contributed by atoms with van der Waals surface area (Å²) in [5.74, 6) is 1.30. The highest BCUT2D eigenvalue weighted by atomic mass is 16.5. The first-order valence-corrected chi connectivity index (χ1v) is 8.88. The lowest BCUT2D eigenvalue weighted by Crippen LogP contribution is -2.37. The third-order valence-corrected chi connectivity index (χ3v) is 4.20. The Labute approximate surface area is 157 Å². The topological polar surface area (TPSA) is 100 Å². The molecule has 144 valence electrons. The first kappa shape index (κ1) is 19.0. The van der Waals surface area contributed by atoms with Crippen molar-refractivity contribution in [3.63, 3.8) is 0 Å². The largest absolute Gasteiger partial charge is 0.508 e. The van der Waals surface area contributed by atoms with Gasteiger partial charge >= 0.3 is 0 Å². The number of hydrogen-bond donors (Lipinski definition) is 4. The maximum Gasteiger partial charge on any atom is 0.262 e. The van der Waals surface area contributed by atoms with E-state index < -0.39 is 6.10 Å². The number of fused-ring (bicyclic) bond motifs is 1. The highest BCUT2D eigenvalue weighted by Gasteiger charge is 2.16. The summed E-state index contributed by atoms with van der Waals surface area (Å²) in [5.41, 5.74) is 1.76. The predicted octanol–water partition coefficient (Wildman–Crippen LogP) is 1.68. The Morgan fingerprint density at radius 1 is 1.26 bits per heavy atom. The first-order valence-electron chi connectivity index (χ1n) is 8.88. The van der Waals surface area contributed by atoms with Crippen LogP contribution in [0.25, 0.3) is 0 Å². The zero-order chi connectivity index (χ0) is 19.2. The minimum atomic E-state index is -0.655. The molecule has 0 fully saturated rings. The van der Waals surface area contributed by atoms with E-state index >= 15 is 0 Å². The number of phenols is 1. The molecule has 2 aromatic carbocycles. The van der Waals surface area contributed by atoms with Crippen LogP contribution in [0.4, 0.5) is 5.69 Å². The zero-order valence-electron chi connectivity index (χ0n) is 15.1. The number of phenolic OH excluding ortho intramolecular Hbond substituents is 1. The second-order valence-corrected chi connectivity index (χ2v) is 6.64. The molecule has 2 aromatic rings. The molecule has 0 saturated carbocycles. The molecular weight excluding hydrogens is 348 g/mol. The van der Waals surface area contributed by atoms with Gasteiger partial charge in [-0.25, -0.2) is 0 Å². The average Bonchev–Trinajstić information content (AvgIpc) is 2.65. The smallest absolute Gasteiger partial charge is 0.262 e. The molecular formula is C20H24N2O5. The van der Waals surface area contributed by atoms with E-state index in [9.17, 15) is 15.0 Å². The number of carbonyl (C=O) groups is 1. The van der Waals surface area contributed by atoms with Crippen LogP contribution in [-0.4, -0.2) is 48.0 Å². The third kappa shape index (κ3) is 5.60. The molecule has 0 aliphatic carbocycles. The van der Waals surface area contributed by atoms with Gasteiger partial charge in [0.2, 0.25) is 0 Å². The van der Waals surface area contributed by atoms with Crippen molar-refractivity contribution in [2.45, 2.75) is 25.5 Å². The normalized spacial score (nSPS) is 15.3. The Hall–Kier alpha value is -2.77. The molecule has 2 unspecified atom stereocenters. The molecule has 4 N–H and O–H groups in total. The predicted molar refractivity (Wildman–Crippen MR) is 101 cm³/mol. The maximum absolute atomic E-state index is 11.4. The van der Waals surface area contributed by atoms with Crippen LogP contribution >= 0.6 is 0 Å². The van der Waals surface area contributed by atoms with Crippen molar-refractivity contribution in [3.8, 4) is 17.2 Å². The summed E-state index contributed by atoms with van der Waals surface area (Å²) in [5, 5.41) is 25.4. The van der Waals surface area contributed by atoms with Gasteiger partial charge in [0.05, 0.1) is 5.69 Å². The van der Waals surface area contributed by atoms with Gasteiger partial charge < -0.3 is 30.3 Å². The lowest BCUT2D eigenvalue weighted by Gasteiger charge is -2.20. The minimum absolute atomic E-state index is 0.0500. The third-order valence-electron chi connectivity index (χ3n) is 4.20. The van der Waals surface area contributed by atoms with Crippen molar-refractivity contribution >= 4 is 11.6 Å². The number of aromatic hydroxyl groups is 1. The summed E-state index contributed by atoms with van der Waals surface area (Å²) in [6.45, 7) is 2.63. The summed E-state index contributed by atoms with van der Waals surface area (Å²) in [7, 11) is 0. The van der Waals surface area contributed by atoms with Crippen molar-refractivity contribution < 1.29 is 24.5 Å². The van der Waals surface area contributed by atoms with Gasteiger partial charge in [-0.3, -0.25) is 4.79 Å². The summed E-state index contributed by atoms with van der Waals surface area (Å²) in [4.78, 5) is 11.4. The molecule has 0 aromatic heterocycles. The summed E-state index contributed by atoms with van der Waals surface area (Å²) in [6.07, 6.45) is 0.0896. The number of nitrogens with one attached hydrogen (secondary N) is 2. The van der Waals surface area contributed by atoms with Crippen LogP contribution in [0, 0.1) is 0 Å². The molecule has 2 atom stereocenters. The molecule has 7 heteroatoms. The quantitative estimate of drug-likeness (QED) is 0.563. The number of rotatable bonds is 8. The highest BCUT2D eigenvalue weighted by molar-refractivity contribution is 5.95. The van der Waals surface area contributed by atoms with Crippen molar-refractivity contribution in [1.82, 2.24) is 5.32 Å². The van der Waals surface area contributed by atoms with Crippen LogP contribution in [0.2, 0.25) is 0 Å². The number of hydrogen-bond acceptors (Lipinski definition) is 6. The fraction of sp³-hybridized carbons (Fsp3) is 0.350. The number of carbonyl (C=O) groups excluding carboxylic acids is 1. The number of benzene rings is 2. The second-order valence-electron chi connectivity index (χ2n) is 6.64. The summed E-state index contributed by atoms with van der Waals surface area (Å²) >= 11 is 0. The van der Waals surface area contributed by atoms with E-state index in [0.29, 0.717) is 23.7 Å². The van der Waals surface area contributed by atoms with Crippen LogP contribution in [0.15, 0.2) is 42.5 Å². The monoisotopic (exact) mass is 372 g/mol. The van der Waals surface area contributed by atoms with E-state index in [0.717, 1.165) is 12.0 Å². The Balaban J connectivity index is 1.42. The van der Waals surface area contributed by atoms with Gasteiger partial charge in [-0.2, -0.15) is 0 Å². The number of ether oxygens (including phenoxy) is 2. The number of aliphatic hydroxyl groups excluding tert-OH is 1. The van der Waals surface area contributed by atoms with Gasteiger partial charge in [0, 0.05) is 12.6 Å². The molecule has 0 spiro atoms. The number of amides is 1. The van der Waals surface area contributed by atoms with Gasteiger partial charge in [-0.05, 0) is 55.3 Å². The van der Waals surface area contributed by atoms with Gasteiger partial charge in [-0.1, -0.05) is 6.07 Å². The maximum atomic E-state index is 11.4. The Morgan fingerprint density at radius 3 is 2.81 bits per heavy atom. The van der Waals surface area contributed by atoms with Gasteiger partial charge in [0.25, 0.3) is 5.91 Å². The molecule has 0 radical (unpaired) electrons.